The lowest BCUT2D eigenvalue weighted by Crippen LogP contribution is -2.28. The topological polar surface area (TPSA) is 92.7 Å². The van der Waals surface area contributed by atoms with E-state index in [1.807, 2.05) is 6.08 Å². The molecule has 2 N–H and O–H groups in total. The normalized spacial score (nSPS) is 12.6. The fraction of sp³-hybridized carbons (Fsp3) is 0.686. The van der Waals surface area contributed by atoms with Gasteiger partial charge in [-0.3, -0.25) is 14.4 Å². The van der Waals surface area contributed by atoms with E-state index in [1.165, 1.54) is 38.5 Å². The molecule has 0 aliphatic rings. The van der Waals surface area contributed by atoms with Crippen LogP contribution in [-0.2, 0) is 19.1 Å². The maximum atomic E-state index is 12.5. The molecule has 6 heteroatoms. The molecule has 0 saturated carbocycles. The summed E-state index contributed by atoms with van der Waals surface area (Å²) in [5, 5.41) is 11.0. The standard InChI is InChI=1S/C35H59NO5/c1-3-5-7-9-11-13-14-15-16-19-23-27-32(41-35(40)30-26-22-17-12-10-8-6-4-2)28-24-20-18-21-25-29-33(37)36-31-34(38)39/h5,7,11,13,15-16,23,27,32H,3-4,6,8-10,12,14,17-22,24-26,28-31H2,1-2H3,(H,36,37)(H,38,39)/b7-5-,13-11-,16-15-,27-23-. The van der Waals surface area contributed by atoms with E-state index in [-0.39, 0.29) is 24.5 Å². The third-order valence-electron chi connectivity index (χ3n) is 6.75. The minimum atomic E-state index is -1.03. The van der Waals surface area contributed by atoms with E-state index >= 15 is 0 Å². The number of unbranched alkanes of at least 4 members (excludes halogenated alkanes) is 11. The molecule has 0 radical (unpaired) electrons. The first kappa shape index (κ1) is 38.4. The Morgan fingerprint density at radius 3 is 1.76 bits per heavy atom. The summed E-state index contributed by atoms with van der Waals surface area (Å²) in [5.74, 6) is -1.34. The maximum Gasteiger partial charge on any atom is 0.322 e. The number of carboxylic acids is 1. The summed E-state index contributed by atoms with van der Waals surface area (Å²) < 4.78 is 5.84. The van der Waals surface area contributed by atoms with Crippen molar-refractivity contribution in [2.24, 2.45) is 0 Å². The summed E-state index contributed by atoms with van der Waals surface area (Å²) in [6.45, 7) is 4.04. The van der Waals surface area contributed by atoms with E-state index in [4.69, 9.17) is 9.84 Å². The van der Waals surface area contributed by atoms with Crippen LogP contribution in [-0.4, -0.2) is 35.6 Å². The first-order valence-corrected chi connectivity index (χ1v) is 16.3. The van der Waals surface area contributed by atoms with Crippen LogP contribution in [0.3, 0.4) is 0 Å². The largest absolute Gasteiger partial charge is 0.480 e. The number of amides is 1. The number of allylic oxidation sites excluding steroid dienone is 7. The average molecular weight is 574 g/mol. The number of esters is 1. The summed E-state index contributed by atoms with van der Waals surface area (Å²) >= 11 is 0. The van der Waals surface area contributed by atoms with Crippen molar-refractivity contribution in [2.75, 3.05) is 6.54 Å². The number of hydrogen-bond donors (Lipinski definition) is 2. The van der Waals surface area contributed by atoms with E-state index in [2.05, 4.69) is 61.7 Å². The van der Waals surface area contributed by atoms with E-state index in [1.54, 1.807) is 0 Å². The van der Waals surface area contributed by atoms with Crippen molar-refractivity contribution >= 4 is 17.8 Å². The molecule has 41 heavy (non-hydrogen) atoms. The molecule has 1 amide bonds. The van der Waals surface area contributed by atoms with Gasteiger partial charge in [-0.05, 0) is 57.4 Å². The van der Waals surface area contributed by atoms with Crippen LogP contribution in [0.2, 0.25) is 0 Å². The Hall–Kier alpha value is -2.63. The van der Waals surface area contributed by atoms with E-state index in [9.17, 15) is 14.4 Å². The third-order valence-corrected chi connectivity index (χ3v) is 6.75. The fourth-order valence-corrected chi connectivity index (χ4v) is 4.36. The first-order valence-electron chi connectivity index (χ1n) is 16.3. The molecule has 0 fully saturated rings. The van der Waals surface area contributed by atoms with Crippen molar-refractivity contribution < 1.29 is 24.2 Å². The highest BCUT2D eigenvalue weighted by molar-refractivity contribution is 5.80. The molecule has 0 aromatic carbocycles. The van der Waals surface area contributed by atoms with Crippen LogP contribution >= 0.6 is 0 Å². The second-order valence-corrected chi connectivity index (χ2v) is 10.7. The van der Waals surface area contributed by atoms with Crippen molar-refractivity contribution in [3.63, 3.8) is 0 Å². The zero-order valence-corrected chi connectivity index (χ0v) is 26.1. The minimum absolute atomic E-state index is 0.101. The van der Waals surface area contributed by atoms with Crippen molar-refractivity contribution in [1.29, 1.82) is 0 Å². The highest BCUT2D eigenvalue weighted by atomic mass is 16.5. The van der Waals surface area contributed by atoms with Gasteiger partial charge in [0.25, 0.3) is 0 Å². The zero-order valence-electron chi connectivity index (χ0n) is 26.1. The van der Waals surface area contributed by atoms with Crippen LogP contribution in [0.25, 0.3) is 0 Å². The average Bonchev–Trinajstić information content (AvgIpc) is 2.95. The highest BCUT2D eigenvalue weighted by Crippen LogP contribution is 2.15. The molecule has 0 aliphatic carbocycles. The Balaban J connectivity index is 4.39. The van der Waals surface area contributed by atoms with E-state index in [0.717, 1.165) is 77.0 Å². The molecule has 0 saturated heterocycles. The van der Waals surface area contributed by atoms with Crippen LogP contribution < -0.4 is 5.32 Å². The van der Waals surface area contributed by atoms with Crippen molar-refractivity contribution in [3.05, 3.63) is 48.6 Å². The van der Waals surface area contributed by atoms with Crippen LogP contribution in [0.1, 0.15) is 142 Å². The molecule has 0 aromatic rings. The summed E-state index contributed by atoms with van der Waals surface area (Å²) in [6.07, 6.45) is 36.7. The number of hydrogen-bond acceptors (Lipinski definition) is 4. The number of carbonyl (C=O) groups is 3. The maximum absolute atomic E-state index is 12.5. The highest BCUT2D eigenvalue weighted by Gasteiger charge is 2.11. The van der Waals surface area contributed by atoms with Crippen molar-refractivity contribution in [3.8, 4) is 0 Å². The first-order chi connectivity index (χ1) is 20.0. The minimum Gasteiger partial charge on any atom is -0.480 e. The van der Waals surface area contributed by atoms with Crippen molar-refractivity contribution in [1.82, 2.24) is 5.32 Å². The molecule has 1 unspecified atom stereocenters. The Bertz CT molecular complexity index is 769. The third kappa shape index (κ3) is 30.2. The van der Waals surface area contributed by atoms with Gasteiger partial charge >= 0.3 is 11.9 Å². The molecule has 0 aromatic heterocycles. The predicted molar refractivity (Wildman–Crippen MR) is 171 cm³/mol. The fourth-order valence-electron chi connectivity index (χ4n) is 4.36. The number of carbonyl (C=O) groups excluding carboxylic acids is 2. The Labute approximate surface area is 250 Å². The smallest absolute Gasteiger partial charge is 0.322 e. The number of ether oxygens (including phenoxy) is 1. The number of carboxylic acid groups (broad SMARTS) is 1. The van der Waals surface area contributed by atoms with Crippen molar-refractivity contribution in [2.45, 2.75) is 148 Å². The molecule has 6 nitrogen and oxygen atoms in total. The Kier molecular flexibility index (Phi) is 28.4. The summed E-state index contributed by atoms with van der Waals surface area (Å²) in [5.41, 5.74) is 0. The summed E-state index contributed by atoms with van der Waals surface area (Å²) in [4.78, 5) is 34.6. The van der Waals surface area contributed by atoms with E-state index in [0.29, 0.717) is 12.8 Å². The second-order valence-electron chi connectivity index (χ2n) is 10.7. The van der Waals surface area contributed by atoms with Crippen LogP contribution in [0.4, 0.5) is 0 Å². The van der Waals surface area contributed by atoms with E-state index < -0.39 is 5.97 Å². The number of nitrogens with one attached hydrogen (secondary N) is 1. The van der Waals surface area contributed by atoms with Gasteiger partial charge in [-0.2, -0.15) is 0 Å². The van der Waals surface area contributed by atoms with Gasteiger partial charge in [0.1, 0.15) is 12.6 Å². The predicted octanol–water partition coefficient (Wildman–Crippen LogP) is 9.17. The quantitative estimate of drug-likeness (QED) is 0.0553. The summed E-state index contributed by atoms with van der Waals surface area (Å²) in [6, 6.07) is 0. The molecule has 0 bridgehead atoms. The summed E-state index contributed by atoms with van der Waals surface area (Å²) in [7, 11) is 0. The molecule has 1 atom stereocenters. The second kappa shape index (κ2) is 30.3. The molecular weight excluding hydrogens is 514 g/mol. The molecule has 0 heterocycles. The van der Waals surface area contributed by atoms with Crippen LogP contribution in [0, 0.1) is 0 Å². The lowest BCUT2D eigenvalue weighted by atomic mass is 10.1. The SMILES string of the molecule is CC/C=C\C/C=C\C/C=C\C/C=C\C(CCCCCCCC(=O)NCC(=O)O)OC(=O)CCCCCCCCCC. The van der Waals surface area contributed by atoms with Gasteiger partial charge in [-0.1, -0.05) is 121 Å². The molecule has 0 aliphatic heterocycles. The molecular formula is C35H59NO5. The molecule has 234 valence electrons. The van der Waals surface area contributed by atoms with Gasteiger partial charge in [0, 0.05) is 12.8 Å². The monoisotopic (exact) mass is 573 g/mol. The van der Waals surface area contributed by atoms with Crippen LogP contribution in [0.15, 0.2) is 48.6 Å². The Morgan fingerprint density at radius 1 is 0.659 bits per heavy atom. The Morgan fingerprint density at radius 2 is 1.17 bits per heavy atom. The van der Waals surface area contributed by atoms with Gasteiger partial charge in [0.05, 0.1) is 0 Å². The van der Waals surface area contributed by atoms with Gasteiger partial charge in [-0.15, -0.1) is 0 Å². The van der Waals surface area contributed by atoms with Crippen LogP contribution in [0.5, 0.6) is 0 Å². The van der Waals surface area contributed by atoms with Gasteiger partial charge in [0.2, 0.25) is 5.91 Å². The molecule has 0 rings (SSSR count). The number of rotatable bonds is 28. The zero-order chi connectivity index (χ0) is 30.2. The lowest BCUT2D eigenvalue weighted by molar-refractivity contribution is -0.147. The lowest BCUT2D eigenvalue weighted by Gasteiger charge is -2.14. The van der Waals surface area contributed by atoms with Gasteiger partial charge in [-0.25, -0.2) is 0 Å². The van der Waals surface area contributed by atoms with Gasteiger partial charge in [0.15, 0.2) is 0 Å². The number of aliphatic carboxylic acids is 1. The van der Waals surface area contributed by atoms with Gasteiger partial charge < -0.3 is 15.2 Å². The molecule has 0 spiro atoms.